The van der Waals surface area contributed by atoms with Crippen LogP contribution in [0.3, 0.4) is 0 Å². The predicted molar refractivity (Wildman–Crippen MR) is 95.5 cm³/mol. The molecular formula is C16H20N4OS2. The quantitative estimate of drug-likeness (QED) is 0.726. The molecule has 0 bridgehead atoms. The van der Waals surface area contributed by atoms with E-state index in [0.717, 1.165) is 26.2 Å². The van der Waals surface area contributed by atoms with E-state index in [0.29, 0.717) is 6.54 Å². The Kier molecular flexibility index (Phi) is 4.35. The fourth-order valence-electron chi connectivity index (χ4n) is 2.67. The van der Waals surface area contributed by atoms with Crippen LogP contribution in [0.5, 0.6) is 0 Å². The molecule has 122 valence electrons. The van der Waals surface area contributed by atoms with Gasteiger partial charge in [-0.2, -0.15) is 0 Å². The van der Waals surface area contributed by atoms with Crippen molar-refractivity contribution in [1.82, 2.24) is 19.3 Å². The highest BCUT2D eigenvalue weighted by atomic mass is 32.1. The topological polar surface area (TPSA) is 50.5 Å². The van der Waals surface area contributed by atoms with Gasteiger partial charge in [0.2, 0.25) is 0 Å². The second-order valence-electron chi connectivity index (χ2n) is 5.85. The van der Waals surface area contributed by atoms with Gasteiger partial charge in [0.05, 0.1) is 22.4 Å². The molecule has 0 spiro atoms. The molecule has 3 rings (SSSR count). The van der Waals surface area contributed by atoms with Crippen molar-refractivity contribution >= 4 is 27.6 Å². The standard InChI is InChI=1S/C16H20N4OS2/c1-9-7-20-14(21)6-13(18-16(20)22-9)8-19(5)10(2)15-11(3)23-12(4)17-15/h6-7,10H,8H2,1-5H3/t10-/m1/s1. The number of hydrogen-bond donors (Lipinski definition) is 0. The first-order valence-corrected chi connectivity index (χ1v) is 9.11. The van der Waals surface area contributed by atoms with Crippen molar-refractivity contribution in [3.8, 4) is 0 Å². The Morgan fingerprint density at radius 1 is 1.26 bits per heavy atom. The minimum absolute atomic E-state index is 0.0175. The molecule has 0 aliphatic rings. The summed E-state index contributed by atoms with van der Waals surface area (Å²) in [5, 5.41) is 1.09. The molecule has 0 aliphatic heterocycles. The molecule has 0 amide bonds. The van der Waals surface area contributed by atoms with Crippen LogP contribution < -0.4 is 5.56 Å². The number of fused-ring (bicyclic) bond motifs is 1. The molecule has 3 aromatic heterocycles. The van der Waals surface area contributed by atoms with Gasteiger partial charge >= 0.3 is 0 Å². The number of hydrogen-bond acceptors (Lipinski definition) is 6. The average Bonchev–Trinajstić information content (AvgIpc) is 3.00. The molecule has 0 N–H and O–H groups in total. The van der Waals surface area contributed by atoms with Gasteiger partial charge in [-0.3, -0.25) is 14.1 Å². The van der Waals surface area contributed by atoms with Crippen molar-refractivity contribution in [2.75, 3.05) is 7.05 Å². The third-order valence-corrected chi connectivity index (χ3v) is 5.74. The third kappa shape index (κ3) is 3.22. The van der Waals surface area contributed by atoms with Crippen LogP contribution in [0.1, 0.15) is 39.1 Å². The van der Waals surface area contributed by atoms with Gasteiger partial charge < -0.3 is 0 Å². The van der Waals surface area contributed by atoms with Crippen molar-refractivity contribution in [2.45, 2.75) is 40.3 Å². The summed E-state index contributed by atoms with van der Waals surface area (Å²) in [6, 6.07) is 1.81. The van der Waals surface area contributed by atoms with E-state index in [2.05, 4.69) is 28.7 Å². The summed E-state index contributed by atoms with van der Waals surface area (Å²) in [6.07, 6.45) is 1.84. The van der Waals surface area contributed by atoms with E-state index in [1.54, 1.807) is 33.1 Å². The van der Waals surface area contributed by atoms with E-state index in [1.165, 1.54) is 4.88 Å². The molecule has 0 radical (unpaired) electrons. The highest BCUT2D eigenvalue weighted by Crippen LogP contribution is 2.26. The van der Waals surface area contributed by atoms with Gasteiger partial charge in [0.25, 0.3) is 5.56 Å². The summed E-state index contributed by atoms with van der Waals surface area (Å²) in [7, 11) is 2.04. The van der Waals surface area contributed by atoms with E-state index in [-0.39, 0.29) is 11.6 Å². The molecule has 3 aromatic rings. The van der Waals surface area contributed by atoms with Crippen molar-refractivity contribution in [3.05, 3.63) is 48.8 Å². The summed E-state index contributed by atoms with van der Waals surface area (Å²) in [4.78, 5) is 26.7. The van der Waals surface area contributed by atoms with Crippen LogP contribution in [0.2, 0.25) is 0 Å². The summed E-state index contributed by atoms with van der Waals surface area (Å²) in [5.74, 6) is 0. The Balaban J connectivity index is 1.86. The molecule has 0 saturated carbocycles. The molecule has 0 aromatic carbocycles. The Bertz CT molecular complexity index is 909. The molecule has 1 atom stereocenters. The number of rotatable bonds is 4. The molecular weight excluding hydrogens is 328 g/mol. The molecule has 5 nitrogen and oxygen atoms in total. The Morgan fingerprint density at radius 3 is 2.65 bits per heavy atom. The molecule has 3 heterocycles. The van der Waals surface area contributed by atoms with E-state index >= 15 is 0 Å². The maximum absolute atomic E-state index is 12.2. The lowest BCUT2D eigenvalue weighted by atomic mass is 10.2. The van der Waals surface area contributed by atoms with Crippen molar-refractivity contribution < 1.29 is 0 Å². The molecule has 0 aliphatic carbocycles. The molecule has 0 saturated heterocycles. The second kappa shape index (κ2) is 6.14. The van der Waals surface area contributed by atoms with Crippen molar-refractivity contribution in [1.29, 1.82) is 0 Å². The summed E-state index contributed by atoms with van der Waals surface area (Å²) >= 11 is 3.26. The van der Waals surface area contributed by atoms with Crippen LogP contribution >= 0.6 is 22.7 Å². The van der Waals surface area contributed by atoms with E-state index in [4.69, 9.17) is 0 Å². The SMILES string of the molecule is Cc1cn2c(=O)cc(CN(C)[C@H](C)c3nc(C)sc3C)nc2s1. The highest BCUT2D eigenvalue weighted by molar-refractivity contribution is 7.16. The van der Waals surface area contributed by atoms with Crippen LogP contribution in [0.15, 0.2) is 17.1 Å². The zero-order valence-electron chi connectivity index (χ0n) is 14.0. The van der Waals surface area contributed by atoms with Crippen LogP contribution in [0.4, 0.5) is 0 Å². The zero-order chi connectivity index (χ0) is 16.7. The van der Waals surface area contributed by atoms with E-state index < -0.39 is 0 Å². The minimum atomic E-state index is -0.0175. The first-order chi connectivity index (χ1) is 10.8. The maximum Gasteiger partial charge on any atom is 0.258 e. The van der Waals surface area contributed by atoms with Crippen molar-refractivity contribution in [2.24, 2.45) is 0 Å². The largest absolute Gasteiger partial charge is 0.292 e. The molecule has 0 unspecified atom stereocenters. The average molecular weight is 348 g/mol. The summed E-state index contributed by atoms with van der Waals surface area (Å²) in [6.45, 7) is 8.89. The molecule has 23 heavy (non-hydrogen) atoms. The first-order valence-electron chi connectivity index (χ1n) is 7.48. The van der Waals surface area contributed by atoms with E-state index in [1.807, 2.05) is 27.1 Å². The maximum atomic E-state index is 12.2. The lowest BCUT2D eigenvalue weighted by Crippen LogP contribution is -2.25. The molecule has 7 heteroatoms. The van der Waals surface area contributed by atoms with Crippen molar-refractivity contribution in [3.63, 3.8) is 0 Å². The number of aromatic nitrogens is 3. The fraction of sp³-hybridized carbons (Fsp3) is 0.438. The van der Waals surface area contributed by atoms with Crippen LogP contribution in [0.25, 0.3) is 4.96 Å². The Labute approximate surface area is 143 Å². The highest BCUT2D eigenvalue weighted by Gasteiger charge is 2.18. The summed E-state index contributed by atoms with van der Waals surface area (Å²) < 4.78 is 1.61. The lowest BCUT2D eigenvalue weighted by molar-refractivity contribution is 0.245. The molecule has 0 fully saturated rings. The number of nitrogens with zero attached hydrogens (tertiary/aromatic N) is 4. The smallest absolute Gasteiger partial charge is 0.258 e. The van der Waals surface area contributed by atoms with Gasteiger partial charge in [0.15, 0.2) is 4.96 Å². The first kappa shape index (κ1) is 16.3. The number of aryl methyl sites for hydroxylation is 3. The van der Waals surface area contributed by atoms with Crippen LogP contribution in [0, 0.1) is 20.8 Å². The number of thiazole rings is 2. The predicted octanol–water partition coefficient (Wildman–Crippen LogP) is 3.33. The van der Waals surface area contributed by atoms with Gasteiger partial charge in [-0.1, -0.05) is 0 Å². The van der Waals surface area contributed by atoms with E-state index in [9.17, 15) is 4.79 Å². The Morgan fingerprint density at radius 2 is 2.00 bits per heavy atom. The van der Waals surface area contributed by atoms with Gasteiger partial charge in [-0.15, -0.1) is 22.7 Å². The third-order valence-electron chi connectivity index (χ3n) is 3.94. The second-order valence-corrected chi connectivity index (χ2v) is 8.47. The fourth-order valence-corrected chi connectivity index (χ4v) is 4.43. The summed E-state index contributed by atoms with van der Waals surface area (Å²) in [5.41, 5.74) is 1.90. The van der Waals surface area contributed by atoms with Crippen LogP contribution in [-0.2, 0) is 6.54 Å². The Hall–Kier alpha value is -1.57. The zero-order valence-corrected chi connectivity index (χ0v) is 15.6. The van der Waals surface area contributed by atoms with Gasteiger partial charge in [0.1, 0.15) is 0 Å². The van der Waals surface area contributed by atoms with Gasteiger partial charge in [-0.25, -0.2) is 9.97 Å². The minimum Gasteiger partial charge on any atom is -0.292 e. The monoisotopic (exact) mass is 348 g/mol. The van der Waals surface area contributed by atoms with Crippen LogP contribution in [-0.4, -0.2) is 26.3 Å². The lowest BCUT2D eigenvalue weighted by Gasteiger charge is -2.23. The normalized spacial score (nSPS) is 13.1. The van der Waals surface area contributed by atoms with Gasteiger partial charge in [0, 0.05) is 28.6 Å². The van der Waals surface area contributed by atoms with Gasteiger partial charge in [-0.05, 0) is 34.7 Å².